The zero-order chi connectivity index (χ0) is 18.3. The van der Waals surface area contributed by atoms with Crippen LogP contribution in [0, 0.1) is 6.92 Å². The third-order valence-corrected chi connectivity index (χ3v) is 3.19. The average Bonchev–Trinajstić information content (AvgIpc) is 2.73. The highest BCUT2D eigenvalue weighted by molar-refractivity contribution is 5.84. The fourth-order valence-electron chi connectivity index (χ4n) is 2.23. The summed E-state index contributed by atoms with van der Waals surface area (Å²) in [5.41, 5.74) is -3.29. The molecule has 0 bridgehead atoms. The molecule has 0 aliphatic rings. The van der Waals surface area contributed by atoms with Gasteiger partial charge in [0.1, 0.15) is 12.2 Å². The third-order valence-electron chi connectivity index (χ3n) is 3.19. The van der Waals surface area contributed by atoms with E-state index in [1.165, 1.54) is 13.8 Å². The molecule has 2 aromatic heterocycles. The zero-order valence-electron chi connectivity index (χ0n) is 12.5. The van der Waals surface area contributed by atoms with Crippen LogP contribution in [-0.2, 0) is 22.0 Å². The Bertz CT molecular complexity index is 838. The van der Waals surface area contributed by atoms with E-state index in [1.54, 1.807) is 0 Å². The molecule has 2 aromatic rings. The Balaban J connectivity index is 2.71. The molecule has 0 amide bonds. The number of carbonyl (C=O) groups excluding carboxylic acids is 1. The van der Waals surface area contributed by atoms with Crippen molar-refractivity contribution in [3.05, 3.63) is 27.7 Å². The summed E-state index contributed by atoms with van der Waals surface area (Å²) in [6, 6.07) is 0.180. The number of aromatic nitrogens is 3. The molecule has 1 N–H and O–H groups in total. The van der Waals surface area contributed by atoms with Crippen molar-refractivity contribution in [2.24, 2.45) is 0 Å². The summed E-state index contributed by atoms with van der Waals surface area (Å²) in [7, 11) is 0. The van der Waals surface area contributed by atoms with Gasteiger partial charge < -0.3 is 9.72 Å². The molecule has 0 aliphatic heterocycles. The molecular weight excluding hydrogens is 341 g/mol. The Morgan fingerprint density at radius 1 is 1.33 bits per heavy atom. The smallest absolute Gasteiger partial charge is 0.458 e. The van der Waals surface area contributed by atoms with Crippen molar-refractivity contribution < 1.29 is 31.5 Å². The van der Waals surface area contributed by atoms with Crippen LogP contribution in [0.25, 0.3) is 11.0 Å². The quantitative estimate of drug-likeness (QED) is 0.676. The molecule has 0 fully saturated rings. The van der Waals surface area contributed by atoms with E-state index in [-0.39, 0.29) is 18.4 Å². The third kappa shape index (κ3) is 2.97. The lowest BCUT2D eigenvalue weighted by Gasteiger charge is -2.20. The summed E-state index contributed by atoms with van der Waals surface area (Å²) >= 11 is 0. The van der Waals surface area contributed by atoms with Gasteiger partial charge in [-0.15, -0.1) is 0 Å². The first-order chi connectivity index (χ1) is 11.0. The highest BCUT2D eigenvalue weighted by Crippen LogP contribution is 2.45. The SMILES string of the molecule is CCOC(=O)Cn1nc(C)c2c(C(F)(F)C(F)(F)F)cc(=O)[nH]c21. The monoisotopic (exact) mass is 353 g/mol. The van der Waals surface area contributed by atoms with Gasteiger partial charge in [-0.2, -0.15) is 27.1 Å². The van der Waals surface area contributed by atoms with Gasteiger partial charge in [0, 0.05) is 17.0 Å². The van der Waals surface area contributed by atoms with E-state index < -0.39 is 46.8 Å². The first-order valence-corrected chi connectivity index (χ1v) is 6.70. The number of aromatic amines is 1. The van der Waals surface area contributed by atoms with Crippen LogP contribution in [0.15, 0.2) is 10.9 Å². The second kappa shape index (κ2) is 5.87. The number of hydrogen-bond donors (Lipinski definition) is 1. The molecule has 6 nitrogen and oxygen atoms in total. The molecule has 0 aliphatic carbocycles. The number of alkyl halides is 5. The number of rotatable bonds is 4. The maximum Gasteiger partial charge on any atom is 0.458 e. The van der Waals surface area contributed by atoms with Crippen LogP contribution in [0.5, 0.6) is 0 Å². The van der Waals surface area contributed by atoms with Crippen molar-refractivity contribution in [3.8, 4) is 0 Å². The second-order valence-electron chi connectivity index (χ2n) is 4.89. The maximum absolute atomic E-state index is 13.7. The summed E-state index contributed by atoms with van der Waals surface area (Å²) in [5.74, 6) is -6.03. The number of pyridine rings is 1. The maximum atomic E-state index is 13.7. The van der Waals surface area contributed by atoms with E-state index in [0.717, 1.165) is 4.68 Å². The van der Waals surface area contributed by atoms with Gasteiger partial charge in [0.05, 0.1) is 12.3 Å². The molecule has 0 aromatic carbocycles. The van der Waals surface area contributed by atoms with Gasteiger partial charge in [0.2, 0.25) is 5.56 Å². The fraction of sp³-hybridized carbons (Fsp3) is 0.462. The number of esters is 1. The predicted octanol–water partition coefficient (Wildman–Crippen LogP) is 2.25. The van der Waals surface area contributed by atoms with E-state index in [9.17, 15) is 31.5 Å². The van der Waals surface area contributed by atoms with Crippen molar-refractivity contribution in [2.45, 2.75) is 32.5 Å². The van der Waals surface area contributed by atoms with Gasteiger partial charge in [0.25, 0.3) is 0 Å². The Labute approximate surface area is 131 Å². The van der Waals surface area contributed by atoms with Crippen LogP contribution in [-0.4, -0.2) is 33.5 Å². The minimum absolute atomic E-state index is 0.0466. The molecule has 11 heteroatoms. The number of H-pyrrole nitrogens is 1. The second-order valence-corrected chi connectivity index (χ2v) is 4.89. The zero-order valence-corrected chi connectivity index (χ0v) is 12.5. The molecule has 0 unspecified atom stereocenters. The van der Waals surface area contributed by atoms with Crippen LogP contribution in [0.4, 0.5) is 22.0 Å². The van der Waals surface area contributed by atoms with Crippen molar-refractivity contribution in [3.63, 3.8) is 0 Å². The molecule has 0 spiro atoms. The van der Waals surface area contributed by atoms with Crippen molar-refractivity contribution in [1.82, 2.24) is 14.8 Å². The summed E-state index contributed by atoms with van der Waals surface area (Å²) in [5, 5.41) is 3.19. The minimum atomic E-state index is -5.89. The van der Waals surface area contributed by atoms with Crippen molar-refractivity contribution in [1.29, 1.82) is 0 Å². The lowest BCUT2D eigenvalue weighted by Crippen LogP contribution is -2.35. The van der Waals surface area contributed by atoms with Crippen LogP contribution >= 0.6 is 0 Å². The number of carbonyl (C=O) groups is 1. The van der Waals surface area contributed by atoms with E-state index in [2.05, 4.69) is 14.8 Å². The van der Waals surface area contributed by atoms with Crippen molar-refractivity contribution in [2.75, 3.05) is 6.61 Å². The molecular formula is C13H12F5N3O3. The average molecular weight is 353 g/mol. The topological polar surface area (TPSA) is 77.0 Å². The number of nitrogens with zero attached hydrogens (tertiary/aromatic N) is 2. The summed E-state index contributed by atoms with van der Waals surface area (Å²) in [6.45, 7) is 2.23. The lowest BCUT2D eigenvalue weighted by molar-refractivity contribution is -0.288. The molecule has 132 valence electrons. The van der Waals surface area contributed by atoms with E-state index >= 15 is 0 Å². The Hall–Kier alpha value is -2.46. The van der Waals surface area contributed by atoms with Gasteiger partial charge in [-0.1, -0.05) is 0 Å². The Kier molecular flexibility index (Phi) is 4.38. The van der Waals surface area contributed by atoms with Crippen LogP contribution in [0.3, 0.4) is 0 Å². The largest absolute Gasteiger partial charge is 0.465 e. The van der Waals surface area contributed by atoms with Crippen LogP contribution in [0.2, 0.25) is 0 Å². The summed E-state index contributed by atoms with van der Waals surface area (Å²) in [4.78, 5) is 25.2. The standard InChI is InChI=1S/C13H12F5N3O3/c1-3-24-9(23)5-21-11-10(6(2)20-21)7(4-8(22)19-11)12(14,15)13(16,17)18/h4H,3,5H2,1-2H3,(H,19,22). The van der Waals surface area contributed by atoms with E-state index in [4.69, 9.17) is 0 Å². The van der Waals surface area contributed by atoms with Crippen LogP contribution < -0.4 is 5.56 Å². The lowest BCUT2D eigenvalue weighted by atomic mass is 10.0. The molecule has 0 saturated carbocycles. The van der Waals surface area contributed by atoms with Gasteiger partial charge in [-0.25, -0.2) is 4.68 Å². The van der Waals surface area contributed by atoms with E-state index in [1.807, 2.05) is 0 Å². The van der Waals surface area contributed by atoms with Gasteiger partial charge in [-0.3, -0.25) is 9.59 Å². The first-order valence-electron chi connectivity index (χ1n) is 6.70. The van der Waals surface area contributed by atoms with Gasteiger partial charge >= 0.3 is 18.1 Å². The van der Waals surface area contributed by atoms with E-state index in [0.29, 0.717) is 0 Å². The first kappa shape index (κ1) is 17.9. The number of nitrogens with one attached hydrogen (secondary N) is 1. The van der Waals surface area contributed by atoms with Gasteiger partial charge in [-0.05, 0) is 13.8 Å². The number of hydrogen-bond acceptors (Lipinski definition) is 4. The molecule has 0 radical (unpaired) electrons. The van der Waals surface area contributed by atoms with Crippen molar-refractivity contribution >= 4 is 17.0 Å². The summed E-state index contributed by atoms with van der Waals surface area (Å²) in [6.07, 6.45) is -5.89. The summed E-state index contributed by atoms with van der Waals surface area (Å²) < 4.78 is 71.0. The molecule has 2 rings (SSSR count). The molecule has 24 heavy (non-hydrogen) atoms. The molecule has 2 heterocycles. The number of halogens is 5. The normalized spacial score (nSPS) is 12.6. The van der Waals surface area contributed by atoms with Gasteiger partial charge in [0.15, 0.2) is 0 Å². The highest BCUT2D eigenvalue weighted by Gasteiger charge is 2.59. The Morgan fingerprint density at radius 2 is 1.96 bits per heavy atom. The van der Waals surface area contributed by atoms with Crippen LogP contribution in [0.1, 0.15) is 18.2 Å². The Morgan fingerprint density at radius 3 is 2.50 bits per heavy atom. The highest BCUT2D eigenvalue weighted by atomic mass is 19.4. The fourth-order valence-corrected chi connectivity index (χ4v) is 2.23. The predicted molar refractivity (Wildman–Crippen MR) is 71.7 cm³/mol. The molecule has 0 atom stereocenters. The molecule has 0 saturated heterocycles. The minimum Gasteiger partial charge on any atom is -0.465 e. The number of fused-ring (bicyclic) bond motifs is 1. The number of aryl methyl sites for hydroxylation is 1. The number of ether oxygens (including phenoxy) is 1.